The second-order valence-corrected chi connectivity index (χ2v) is 6.95. The molecule has 1 spiro atoms. The molecule has 0 unspecified atom stereocenters. The number of nitrogens with zero attached hydrogens (tertiary/aromatic N) is 1. The van der Waals surface area contributed by atoms with Gasteiger partial charge in [-0.3, -0.25) is 4.79 Å². The highest BCUT2D eigenvalue weighted by molar-refractivity contribution is 6.03. The summed E-state index contributed by atoms with van der Waals surface area (Å²) in [5, 5.41) is 11.6. The minimum atomic E-state index is -1.32. The highest BCUT2D eigenvalue weighted by Crippen LogP contribution is 2.56. The van der Waals surface area contributed by atoms with Crippen LogP contribution in [0.25, 0.3) is 0 Å². The van der Waals surface area contributed by atoms with Crippen LogP contribution in [0.3, 0.4) is 0 Å². The minimum absolute atomic E-state index is 0.125. The summed E-state index contributed by atoms with van der Waals surface area (Å²) in [7, 11) is 0. The molecule has 130 valence electrons. The molecule has 0 N–H and O–H groups in total. The summed E-state index contributed by atoms with van der Waals surface area (Å²) in [5.74, 6) is -4.29. The molecule has 2 saturated heterocycles. The van der Waals surface area contributed by atoms with Crippen LogP contribution in [-0.2, 0) is 14.3 Å². The van der Waals surface area contributed by atoms with Gasteiger partial charge in [0.05, 0.1) is 23.8 Å². The Morgan fingerprint density at radius 2 is 2.16 bits per heavy atom. The van der Waals surface area contributed by atoms with Crippen molar-refractivity contribution in [3.63, 3.8) is 0 Å². The van der Waals surface area contributed by atoms with Gasteiger partial charge in [-0.05, 0) is 25.5 Å². The molecule has 0 radical (unpaired) electrons. The van der Waals surface area contributed by atoms with E-state index in [2.05, 4.69) is 6.58 Å². The minimum Gasteiger partial charge on any atom is -0.550 e. The van der Waals surface area contributed by atoms with Gasteiger partial charge in [-0.2, -0.15) is 0 Å². The van der Waals surface area contributed by atoms with Crippen molar-refractivity contribution in [2.75, 3.05) is 4.90 Å². The summed E-state index contributed by atoms with van der Waals surface area (Å²) < 4.78 is 20.4. The van der Waals surface area contributed by atoms with E-state index < -0.39 is 47.3 Å². The van der Waals surface area contributed by atoms with Crippen molar-refractivity contribution in [1.82, 2.24) is 0 Å². The number of ether oxygens (including phenoxy) is 1. The Hall–Kier alpha value is -2.47. The highest BCUT2D eigenvalue weighted by Gasteiger charge is 2.70. The number of amides is 1. The highest BCUT2D eigenvalue weighted by atomic mass is 19.1. The van der Waals surface area contributed by atoms with E-state index in [1.54, 1.807) is 18.2 Å². The number of benzene rings is 1. The summed E-state index contributed by atoms with van der Waals surface area (Å²) in [6.07, 6.45) is 3.12. The summed E-state index contributed by atoms with van der Waals surface area (Å²) in [6.45, 7) is 5.72. The number of carboxylic acids is 1. The fourth-order valence-electron chi connectivity index (χ4n) is 4.43. The van der Waals surface area contributed by atoms with E-state index in [0.717, 1.165) is 5.57 Å². The third-order valence-corrected chi connectivity index (χ3v) is 5.35. The van der Waals surface area contributed by atoms with Gasteiger partial charge in [0.2, 0.25) is 5.91 Å². The number of hydrogen-bond donors (Lipinski definition) is 0. The first-order valence-corrected chi connectivity index (χ1v) is 8.17. The first kappa shape index (κ1) is 16.0. The normalized spacial score (nSPS) is 35.3. The maximum Gasteiger partial charge on any atom is 0.234 e. The Kier molecular flexibility index (Phi) is 3.37. The number of anilines is 1. The molecule has 25 heavy (non-hydrogen) atoms. The maximum atomic E-state index is 14.4. The van der Waals surface area contributed by atoms with E-state index >= 15 is 0 Å². The van der Waals surface area contributed by atoms with Crippen molar-refractivity contribution in [3.8, 4) is 0 Å². The van der Waals surface area contributed by atoms with Gasteiger partial charge in [-0.1, -0.05) is 29.9 Å². The summed E-state index contributed by atoms with van der Waals surface area (Å²) in [6, 6.07) is 5.42. The Bertz CT molecular complexity index is 819. The van der Waals surface area contributed by atoms with Gasteiger partial charge in [-0.15, -0.1) is 6.58 Å². The Morgan fingerprint density at radius 3 is 2.80 bits per heavy atom. The van der Waals surface area contributed by atoms with Crippen LogP contribution in [0.5, 0.6) is 0 Å². The number of rotatable bonds is 4. The summed E-state index contributed by atoms with van der Waals surface area (Å²) >= 11 is 0. The van der Waals surface area contributed by atoms with E-state index in [4.69, 9.17) is 4.74 Å². The fraction of sp³-hybridized carbons (Fsp3) is 0.368. The second-order valence-electron chi connectivity index (χ2n) is 6.95. The van der Waals surface area contributed by atoms with Crippen LogP contribution in [0.15, 0.2) is 48.6 Å². The number of carboxylic acid groups (broad SMARTS) is 1. The average Bonchev–Trinajstić information content (AvgIpc) is 3.18. The zero-order valence-corrected chi connectivity index (χ0v) is 13.6. The molecule has 0 aromatic heterocycles. The Morgan fingerprint density at radius 1 is 1.44 bits per heavy atom. The molecule has 5 nitrogen and oxygen atoms in total. The van der Waals surface area contributed by atoms with Gasteiger partial charge in [0, 0.05) is 11.9 Å². The van der Waals surface area contributed by atoms with Crippen molar-refractivity contribution in [1.29, 1.82) is 0 Å². The lowest BCUT2D eigenvalue weighted by Gasteiger charge is -2.33. The number of carbonyl (C=O) groups is 2. The van der Waals surface area contributed by atoms with E-state index in [0.29, 0.717) is 6.42 Å². The lowest BCUT2D eigenvalue weighted by molar-refractivity contribution is -0.313. The zero-order valence-electron chi connectivity index (χ0n) is 13.6. The van der Waals surface area contributed by atoms with Crippen molar-refractivity contribution < 1.29 is 23.8 Å². The lowest BCUT2D eigenvalue weighted by atomic mass is 9.74. The van der Waals surface area contributed by atoms with E-state index in [-0.39, 0.29) is 5.69 Å². The van der Waals surface area contributed by atoms with Crippen molar-refractivity contribution in [3.05, 3.63) is 54.4 Å². The molecule has 3 heterocycles. The molecule has 3 aliphatic heterocycles. The van der Waals surface area contributed by atoms with Crippen molar-refractivity contribution in [2.45, 2.75) is 31.1 Å². The second kappa shape index (κ2) is 5.26. The molecular weight excluding hydrogens is 325 g/mol. The van der Waals surface area contributed by atoms with Gasteiger partial charge in [0.1, 0.15) is 11.4 Å². The van der Waals surface area contributed by atoms with Gasteiger partial charge < -0.3 is 19.5 Å². The zero-order chi connectivity index (χ0) is 17.9. The van der Waals surface area contributed by atoms with Gasteiger partial charge in [-0.25, -0.2) is 4.39 Å². The van der Waals surface area contributed by atoms with Crippen LogP contribution in [-0.4, -0.2) is 29.6 Å². The number of carbonyl (C=O) groups excluding carboxylic acids is 2. The summed E-state index contributed by atoms with van der Waals surface area (Å²) in [4.78, 5) is 26.1. The monoisotopic (exact) mass is 342 g/mol. The first-order chi connectivity index (χ1) is 11.9. The number of fused-ring (bicyclic) bond motifs is 1. The SMILES string of the molecule is C=C(C)C[C@H]1N(c2ccccc2F)C(=O)[C@@H]2[C@@H](C(=O)[O-])[C@@H]3C=C[C@]21O3. The third-order valence-electron chi connectivity index (χ3n) is 5.35. The Labute approximate surface area is 144 Å². The Balaban J connectivity index is 1.87. The topological polar surface area (TPSA) is 69.7 Å². The molecule has 3 aliphatic rings. The van der Waals surface area contributed by atoms with E-state index in [1.165, 1.54) is 23.1 Å². The van der Waals surface area contributed by atoms with Crippen LogP contribution in [0.1, 0.15) is 13.3 Å². The maximum absolute atomic E-state index is 14.4. The molecule has 1 aromatic rings. The molecule has 6 heteroatoms. The van der Waals surface area contributed by atoms with Gasteiger partial charge >= 0.3 is 0 Å². The van der Waals surface area contributed by atoms with Crippen LogP contribution in [0, 0.1) is 17.7 Å². The molecular formula is C19H17FNO4-. The predicted octanol–water partition coefficient (Wildman–Crippen LogP) is 1.20. The fourth-order valence-corrected chi connectivity index (χ4v) is 4.43. The quantitative estimate of drug-likeness (QED) is 0.771. The van der Waals surface area contributed by atoms with Gasteiger partial charge in [0.25, 0.3) is 0 Å². The molecule has 1 amide bonds. The molecule has 0 saturated carbocycles. The predicted molar refractivity (Wildman–Crippen MR) is 85.8 cm³/mol. The molecule has 0 aliphatic carbocycles. The van der Waals surface area contributed by atoms with Crippen LogP contribution >= 0.6 is 0 Å². The number of halogens is 1. The number of hydrogen-bond acceptors (Lipinski definition) is 4. The smallest absolute Gasteiger partial charge is 0.234 e. The van der Waals surface area contributed by atoms with Crippen molar-refractivity contribution >= 4 is 17.6 Å². The molecule has 1 aromatic carbocycles. The van der Waals surface area contributed by atoms with Crippen molar-refractivity contribution in [2.24, 2.45) is 11.8 Å². The number of para-hydroxylation sites is 1. The lowest BCUT2D eigenvalue weighted by Crippen LogP contribution is -2.46. The molecule has 5 atom stereocenters. The molecule has 4 rings (SSSR count). The average molecular weight is 342 g/mol. The van der Waals surface area contributed by atoms with E-state index in [9.17, 15) is 19.1 Å². The first-order valence-electron chi connectivity index (χ1n) is 8.17. The molecule has 2 bridgehead atoms. The van der Waals surface area contributed by atoms with Crippen LogP contribution in [0.2, 0.25) is 0 Å². The third kappa shape index (κ3) is 2.03. The van der Waals surface area contributed by atoms with E-state index in [1.807, 2.05) is 6.92 Å². The summed E-state index contributed by atoms with van der Waals surface area (Å²) in [5.41, 5.74) is -0.167. The molecule has 2 fully saturated rings. The van der Waals surface area contributed by atoms with Gasteiger partial charge in [0.15, 0.2) is 0 Å². The van der Waals surface area contributed by atoms with Crippen LogP contribution < -0.4 is 10.0 Å². The number of aliphatic carboxylic acids is 1. The standard InChI is InChI=1S/C19H18FNO4/c1-10(2)9-14-19-8-7-13(25-19)15(18(23)24)16(19)17(22)21(14)12-6-4-3-5-11(12)20/h3-8,13-16H,1,9H2,2H3,(H,23,24)/p-1/t13-,14+,15-,16-,19+/m0/s1. The largest absolute Gasteiger partial charge is 0.550 e. The van der Waals surface area contributed by atoms with Crippen LogP contribution in [0.4, 0.5) is 10.1 Å².